The number of para-hydroxylation sites is 1. The first-order valence-corrected chi connectivity index (χ1v) is 9.59. The Morgan fingerprint density at radius 1 is 1.20 bits per heavy atom. The average Bonchev–Trinajstić information content (AvgIpc) is 2.96. The lowest BCUT2D eigenvalue weighted by Gasteiger charge is -2.24. The van der Waals surface area contributed by atoms with E-state index >= 15 is 0 Å². The molecule has 1 aliphatic rings. The predicted octanol–water partition coefficient (Wildman–Crippen LogP) is 3.10. The van der Waals surface area contributed by atoms with E-state index in [2.05, 4.69) is 10.6 Å². The van der Waals surface area contributed by atoms with Crippen LogP contribution >= 0.6 is 0 Å². The minimum Gasteiger partial charge on any atom is -0.497 e. The van der Waals surface area contributed by atoms with Gasteiger partial charge < -0.3 is 15.4 Å². The fourth-order valence-electron chi connectivity index (χ4n) is 3.33. The molecule has 2 atom stereocenters. The molecule has 2 aromatic carbocycles. The third-order valence-corrected chi connectivity index (χ3v) is 5.26. The van der Waals surface area contributed by atoms with Gasteiger partial charge in [0.1, 0.15) is 23.1 Å². The molecule has 30 heavy (non-hydrogen) atoms. The Morgan fingerprint density at radius 2 is 1.87 bits per heavy atom. The van der Waals surface area contributed by atoms with Crippen molar-refractivity contribution in [3.63, 3.8) is 0 Å². The highest BCUT2D eigenvalue weighted by molar-refractivity contribution is 6.11. The maximum absolute atomic E-state index is 13.8. The van der Waals surface area contributed by atoms with E-state index in [4.69, 9.17) is 4.74 Å². The summed E-state index contributed by atoms with van der Waals surface area (Å²) in [6.07, 6.45) is 0.915. The molecule has 0 radical (unpaired) electrons. The van der Waals surface area contributed by atoms with E-state index in [0.29, 0.717) is 12.8 Å². The summed E-state index contributed by atoms with van der Waals surface area (Å²) < 4.78 is 18.9. The van der Waals surface area contributed by atoms with Crippen molar-refractivity contribution in [2.45, 2.75) is 38.3 Å². The summed E-state index contributed by atoms with van der Waals surface area (Å²) in [6.45, 7) is 3.07. The standard InChI is InChI=1S/C22H24FN3O4/c1-14(19(27)24-18-7-5-4-6-17(18)23)26-20(28)22(2,25-21(26)29)13-12-15-8-10-16(30-3)11-9-15/h4-11,14H,12-13H2,1-3H3,(H,24,27)(H,25,29)/t14-,22-/m0/s1. The lowest BCUT2D eigenvalue weighted by Crippen LogP contribution is -2.48. The van der Waals surface area contributed by atoms with Gasteiger partial charge in [-0.2, -0.15) is 0 Å². The van der Waals surface area contributed by atoms with Crippen LogP contribution in [-0.4, -0.2) is 41.4 Å². The van der Waals surface area contributed by atoms with Crippen LogP contribution in [0.2, 0.25) is 0 Å². The summed E-state index contributed by atoms with van der Waals surface area (Å²) in [5, 5.41) is 5.12. The molecule has 8 heteroatoms. The van der Waals surface area contributed by atoms with Crippen LogP contribution in [0.15, 0.2) is 48.5 Å². The van der Waals surface area contributed by atoms with Crippen LogP contribution in [0.4, 0.5) is 14.9 Å². The van der Waals surface area contributed by atoms with Crippen molar-refractivity contribution in [2.24, 2.45) is 0 Å². The largest absolute Gasteiger partial charge is 0.497 e. The molecular formula is C22H24FN3O4. The number of methoxy groups -OCH3 is 1. The fraction of sp³-hybridized carbons (Fsp3) is 0.318. The van der Waals surface area contributed by atoms with Gasteiger partial charge >= 0.3 is 6.03 Å². The van der Waals surface area contributed by atoms with Crippen molar-refractivity contribution in [3.05, 3.63) is 59.9 Å². The number of carbonyl (C=O) groups excluding carboxylic acids is 3. The number of anilines is 1. The maximum Gasteiger partial charge on any atom is 0.325 e. The minimum atomic E-state index is -1.14. The number of halogens is 1. The normalized spacial score (nSPS) is 19.4. The van der Waals surface area contributed by atoms with Crippen molar-refractivity contribution >= 4 is 23.5 Å². The molecule has 0 spiro atoms. The first-order chi connectivity index (χ1) is 14.2. The molecule has 0 aromatic heterocycles. The first kappa shape index (κ1) is 21.3. The number of ether oxygens (including phenoxy) is 1. The van der Waals surface area contributed by atoms with Crippen LogP contribution in [0.3, 0.4) is 0 Å². The highest BCUT2D eigenvalue weighted by Crippen LogP contribution is 2.26. The summed E-state index contributed by atoms with van der Waals surface area (Å²) in [7, 11) is 1.58. The number of carbonyl (C=O) groups is 3. The van der Waals surface area contributed by atoms with Gasteiger partial charge in [0.05, 0.1) is 12.8 Å². The van der Waals surface area contributed by atoms with E-state index in [0.717, 1.165) is 16.2 Å². The number of nitrogens with zero attached hydrogens (tertiary/aromatic N) is 1. The van der Waals surface area contributed by atoms with Crippen LogP contribution < -0.4 is 15.4 Å². The van der Waals surface area contributed by atoms with Crippen LogP contribution in [-0.2, 0) is 16.0 Å². The monoisotopic (exact) mass is 413 g/mol. The topological polar surface area (TPSA) is 87.7 Å². The summed E-state index contributed by atoms with van der Waals surface area (Å²) in [5.74, 6) is -1.00. The molecule has 1 fully saturated rings. The van der Waals surface area contributed by atoms with Crippen molar-refractivity contribution in [3.8, 4) is 5.75 Å². The second-order valence-corrected chi connectivity index (χ2v) is 7.43. The number of nitrogens with one attached hydrogen (secondary N) is 2. The van der Waals surface area contributed by atoms with Gasteiger partial charge in [-0.1, -0.05) is 24.3 Å². The Kier molecular flexibility index (Phi) is 6.05. The van der Waals surface area contributed by atoms with Crippen LogP contribution in [0.5, 0.6) is 5.75 Å². The fourth-order valence-corrected chi connectivity index (χ4v) is 3.33. The van der Waals surface area contributed by atoms with Gasteiger partial charge in [0.15, 0.2) is 0 Å². The molecule has 7 nitrogen and oxygen atoms in total. The third kappa shape index (κ3) is 4.27. The molecule has 2 aromatic rings. The van der Waals surface area contributed by atoms with Crippen molar-refractivity contribution < 1.29 is 23.5 Å². The number of imide groups is 1. The number of aryl methyl sites for hydroxylation is 1. The second kappa shape index (κ2) is 8.52. The van der Waals surface area contributed by atoms with Crippen molar-refractivity contribution in [1.82, 2.24) is 10.2 Å². The van der Waals surface area contributed by atoms with E-state index in [-0.39, 0.29) is 5.69 Å². The Labute approximate surface area is 174 Å². The highest BCUT2D eigenvalue weighted by Gasteiger charge is 2.50. The lowest BCUT2D eigenvalue weighted by molar-refractivity contribution is -0.136. The van der Waals surface area contributed by atoms with Gasteiger partial charge in [-0.05, 0) is 56.5 Å². The molecule has 1 aliphatic heterocycles. The zero-order valence-corrected chi connectivity index (χ0v) is 17.1. The molecular weight excluding hydrogens is 389 g/mol. The third-order valence-electron chi connectivity index (χ3n) is 5.26. The molecule has 158 valence electrons. The number of hydrogen-bond acceptors (Lipinski definition) is 4. The van der Waals surface area contributed by atoms with Crippen molar-refractivity contribution in [2.75, 3.05) is 12.4 Å². The summed E-state index contributed by atoms with van der Waals surface area (Å²) in [4.78, 5) is 38.9. The van der Waals surface area contributed by atoms with E-state index in [9.17, 15) is 18.8 Å². The molecule has 2 N–H and O–H groups in total. The Balaban J connectivity index is 1.67. The number of benzene rings is 2. The zero-order valence-electron chi connectivity index (χ0n) is 17.1. The van der Waals surface area contributed by atoms with Crippen molar-refractivity contribution in [1.29, 1.82) is 0 Å². The average molecular weight is 413 g/mol. The molecule has 3 rings (SSSR count). The Hall–Kier alpha value is -3.42. The molecule has 0 unspecified atom stereocenters. The molecule has 0 aliphatic carbocycles. The second-order valence-electron chi connectivity index (χ2n) is 7.43. The van der Waals surface area contributed by atoms with E-state index in [1.54, 1.807) is 20.1 Å². The van der Waals surface area contributed by atoms with Gasteiger partial charge in [-0.3, -0.25) is 9.59 Å². The van der Waals surface area contributed by atoms with Crippen LogP contribution in [0.25, 0.3) is 0 Å². The number of urea groups is 1. The van der Waals surface area contributed by atoms with Crippen LogP contribution in [0, 0.1) is 5.82 Å². The lowest BCUT2D eigenvalue weighted by atomic mass is 9.93. The van der Waals surface area contributed by atoms with Crippen LogP contribution in [0.1, 0.15) is 25.8 Å². The van der Waals surface area contributed by atoms with Gasteiger partial charge in [0.25, 0.3) is 5.91 Å². The zero-order chi connectivity index (χ0) is 21.9. The quantitative estimate of drug-likeness (QED) is 0.683. The molecule has 4 amide bonds. The summed E-state index contributed by atoms with van der Waals surface area (Å²) in [5.41, 5.74) is -0.157. The van der Waals surface area contributed by atoms with E-state index < -0.39 is 35.2 Å². The Morgan fingerprint density at radius 3 is 2.50 bits per heavy atom. The number of rotatable bonds is 7. The molecule has 1 heterocycles. The van der Waals surface area contributed by atoms with E-state index in [1.165, 1.54) is 25.1 Å². The molecule has 0 saturated carbocycles. The SMILES string of the molecule is COc1ccc(CC[C@]2(C)NC(=O)N([C@@H](C)C(=O)Nc3ccccc3F)C2=O)cc1. The van der Waals surface area contributed by atoms with Gasteiger partial charge in [0.2, 0.25) is 5.91 Å². The highest BCUT2D eigenvalue weighted by atomic mass is 19.1. The summed E-state index contributed by atoms with van der Waals surface area (Å²) >= 11 is 0. The Bertz CT molecular complexity index is 963. The van der Waals surface area contributed by atoms with Gasteiger partial charge in [-0.25, -0.2) is 14.1 Å². The number of hydrogen-bond donors (Lipinski definition) is 2. The number of amides is 4. The van der Waals surface area contributed by atoms with E-state index in [1.807, 2.05) is 24.3 Å². The molecule has 1 saturated heterocycles. The first-order valence-electron chi connectivity index (χ1n) is 9.59. The van der Waals surface area contributed by atoms with Gasteiger partial charge in [0, 0.05) is 0 Å². The molecule has 0 bridgehead atoms. The summed E-state index contributed by atoms with van der Waals surface area (Å²) in [6, 6.07) is 11.4. The smallest absolute Gasteiger partial charge is 0.325 e. The minimum absolute atomic E-state index is 0.0105. The maximum atomic E-state index is 13.8. The predicted molar refractivity (Wildman–Crippen MR) is 110 cm³/mol. The van der Waals surface area contributed by atoms with Gasteiger partial charge in [-0.15, -0.1) is 0 Å².